The highest BCUT2D eigenvalue weighted by atomic mass is 16.7. The Labute approximate surface area is 115 Å². The lowest BCUT2D eigenvalue weighted by Gasteiger charge is -2.13. The Hall–Kier alpha value is -2.70. The van der Waals surface area contributed by atoms with Gasteiger partial charge >= 0.3 is 0 Å². The van der Waals surface area contributed by atoms with Gasteiger partial charge in [0.05, 0.1) is 11.6 Å². The van der Waals surface area contributed by atoms with Crippen LogP contribution in [0.3, 0.4) is 0 Å². The van der Waals surface area contributed by atoms with Gasteiger partial charge in [-0.1, -0.05) is 0 Å². The van der Waals surface area contributed by atoms with Gasteiger partial charge in [-0.15, -0.1) is 0 Å². The molecule has 1 aliphatic rings. The Morgan fingerprint density at radius 2 is 2.20 bits per heavy atom. The normalized spacial score (nSPS) is 14.1. The van der Waals surface area contributed by atoms with Gasteiger partial charge in [-0.05, 0) is 13.0 Å². The SMILES string of the molecule is CC(NC(=O)c1cc2c(cc1N)OCO2)c1ncc[nH]1. The van der Waals surface area contributed by atoms with E-state index in [4.69, 9.17) is 15.2 Å². The van der Waals surface area contributed by atoms with Crippen molar-refractivity contribution >= 4 is 11.6 Å². The lowest BCUT2D eigenvalue weighted by molar-refractivity contribution is 0.0939. The first-order valence-corrected chi connectivity index (χ1v) is 6.14. The topological polar surface area (TPSA) is 102 Å². The highest BCUT2D eigenvalue weighted by Gasteiger charge is 2.21. The lowest BCUT2D eigenvalue weighted by Crippen LogP contribution is -2.28. The maximum Gasteiger partial charge on any atom is 0.254 e. The molecule has 0 spiro atoms. The van der Waals surface area contributed by atoms with E-state index in [0.717, 1.165) is 0 Å². The summed E-state index contributed by atoms with van der Waals surface area (Å²) in [7, 11) is 0. The second-order valence-electron chi connectivity index (χ2n) is 4.46. The molecule has 7 nitrogen and oxygen atoms in total. The fourth-order valence-corrected chi connectivity index (χ4v) is 2.01. The van der Waals surface area contributed by atoms with Gasteiger partial charge in [0, 0.05) is 24.1 Å². The van der Waals surface area contributed by atoms with Crippen LogP contribution >= 0.6 is 0 Å². The molecule has 0 radical (unpaired) electrons. The fraction of sp³-hybridized carbons (Fsp3) is 0.231. The number of aromatic amines is 1. The van der Waals surface area contributed by atoms with Crippen LogP contribution in [0.1, 0.15) is 29.1 Å². The summed E-state index contributed by atoms with van der Waals surface area (Å²) in [5, 5.41) is 2.82. The van der Waals surface area contributed by atoms with Gasteiger partial charge < -0.3 is 25.5 Å². The van der Waals surface area contributed by atoms with Gasteiger partial charge in [0.2, 0.25) is 6.79 Å². The van der Waals surface area contributed by atoms with E-state index in [2.05, 4.69) is 15.3 Å². The van der Waals surface area contributed by atoms with E-state index in [0.29, 0.717) is 28.6 Å². The molecule has 104 valence electrons. The number of H-pyrrole nitrogens is 1. The molecule has 1 unspecified atom stereocenters. The van der Waals surface area contributed by atoms with Crippen LogP contribution in [-0.2, 0) is 0 Å². The van der Waals surface area contributed by atoms with E-state index in [1.54, 1.807) is 24.5 Å². The van der Waals surface area contributed by atoms with Crippen molar-refractivity contribution in [3.8, 4) is 11.5 Å². The number of fused-ring (bicyclic) bond motifs is 1. The largest absolute Gasteiger partial charge is 0.454 e. The number of ether oxygens (including phenoxy) is 2. The Kier molecular flexibility index (Phi) is 2.94. The molecule has 3 rings (SSSR count). The zero-order valence-corrected chi connectivity index (χ0v) is 10.8. The van der Waals surface area contributed by atoms with E-state index in [1.165, 1.54) is 0 Å². The van der Waals surface area contributed by atoms with Crippen molar-refractivity contribution in [1.82, 2.24) is 15.3 Å². The fourth-order valence-electron chi connectivity index (χ4n) is 2.01. The molecule has 0 saturated heterocycles. The van der Waals surface area contributed by atoms with Crippen LogP contribution in [0.4, 0.5) is 5.69 Å². The van der Waals surface area contributed by atoms with Gasteiger partial charge in [-0.2, -0.15) is 0 Å². The molecule has 0 aliphatic carbocycles. The summed E-state index contributed by atoms with van der Waals surface area (Å²) >= 11 is 0. The van der Waals surface area contributed by atoms with Crippen molar-refractivity contribution in [2.24, 2.45) is 0 Å². The third-order valence-corrected chi connectivity index (χ3v) is 3.07. The first-order chi connectivity index (χ1) is 9.65. The molecule has 1 aromatic carbocycles. The number of nitrogens with one attached hydrogen (secondary N) is 2. The minimum Gasteiger partial charge on any atom is -0.454 e. The van der Waals surface area contributed by atoms with Crippen molar-refractivity contribution < 1.29 is 14.3 Å². The molecule has 0 bridgehead atoms. The van der Waals surface area contributed by atoms with Crippen LogP contribution in [0.15, 0.2) is 24.5 Å². The average Bonchev–Trinajstić information content (AvgIpc) is 3.08. The minimum atomic E-state index is -0.287. The smallest absolute Gasteiger partial charge is 0.254 e. The van der Waals surface area contributed by atoms with Gasteiger partial charge in [-0.3, -0.25) is 4.79 Å². The van der Waals surface area contributed by atoms with Crippen molar-refractivity contribution in [2.75, 3.05) is 12.5 Å². The molecule has 1 amide bonds. The summed E-state index contributed by atoms with van der Waals surface area (Å²) in [6.07, 6.45) is 3.33. The third-order valence-electron chi connectivity index (χ3n) is 3.07. The summed E-state index contributed by atoms with van der Waals surface area (Å²) in [5.41, 5.74) is 6.57. The molecule has 1 atom stereocenters. The quantitative estimate of drug-likeness (QED) is 0.730. The van der Waals surface area contributed by atoms with Crippen molar-refractivity contribution in [1.29, 1.82) is 0 Å². The van der Waals surface area contributed by atoms with Crippen LogP contribution in [0.2, 0.25) is 0 Å². The summed E-state index contributed by atoms with van der Waals surface area (Å²) in [5.74, 6) is 1.47. The van der Waals surface area contributed by atoms with Crippen molar-refractivity contribution in [3.05, 3.63) is 35.9 Å². The summed E-state index contributed by atoms with van der Waals surface area (Å²) in [6, 6.07) is 2.93. The van der Waals surface area contributed by atoms with Crippen LogP contribution in [0.25, 0.3) is 0 Å². The molecule has 20 heavy (non-hydrogen) atoms. The number of rotatable bonds is 3. The number of hydrogen-bond donors (Lipinski definition) is 3. The van der Waals surface area contributed by atoms with E-state index in [1.807, 2.05) is 6.92 Å². The van der Waals surface area contributed by atoms with Crippen LogP contribution in [0.5, 0.6) is 11.5 Å². The molecule has 2 heterocycles. The molecule has 7 heteroatoms. The Balaban J connectivity index is 1.81. The number of carbonyl (C=O) groups excluding carboxylic acids is 1. The Morgan fingerprint density at radius 3 is 2.90 bits per heavy atom. The number of aromatic nitrogens is 2. The van der Waals surface area contributed by atoms with E-state index >= 15 is 0 Å². The highest BCUT2D eigenvalue weighted by Crippen LogP contribution is 2.36. The standard InChI is InChI=1S/C13H14N4O3/c1-7(12-15-2-3-16-12)17-13(18)8-4-10-11(5-9(8)14)20-6-19-10/h2-5,7H,6,14H2,1H3,(H,15,16)(H,17,18). The van der Waals surface area contributed by atoms with E-state index in [-0.39, 0.29) is 18.7 Å². The molecule has 1 aliphatic heterocycles. The molecule has 0 saturated carbocycles. The number of carbonyl (C=O) groups is 1. The number of nitrogens with zero attached hydrogens (tertiary/aromatic N) is 1. The van der Waals surface area contributed by atoms with Crippen molar-refractivity contribution in [3.63, 3.8) is 0 Å². The molecule has 0 fully saturated rings. The number of anilines is 1. The summed E-state index contributed by atoms with van der Waals surface area (Å²) in [6.45, 7) is 1.97. The summed E-state index contributed by atoms with van der Waals surface area (Å²) < 4.78 is 10.5. The number of nitrogens with two attached hydrogens (primary N) is 1. The van der Waals surface area contributed by atoms with Crippen LogP contribution in [-0.4, -0.2) is 22.7 Å². The zero-order chi connectivity index (χ0) is 14.1. The van der Waals surface area contributed by atoms with Crippen LogP contribution in [0, 0.1) is 0 Å². The van der Waals surface area contributed by atoms with Crippen molar-refractivity contribution in [2.45, 2.75) is 13.0 Å². The van der Waals surface area contributed by atoms with Crippen LogP contribution < -0.4 is 20.5 Å². The maximum absolute atomic E-state index is 12.2. The van der Waals surface area contributed by atoms with Gasteiger partial charge in [0.1, 0.15) is 5.82 Å². The van der Waals surface area contributed by atoms with E-state index in [9.17, 15) is 4.79 Å². The zero-order valence-electron chi connectivity index (χ0n) is 10.8. The van der Waals surface area contributed by atoms with E-state index < -0.39 is 0 Å². The van der Waals surface area contributed by atoms with Gasteiger partial charge in [0.25, 0.3) is 5.91 Å². The Bertz CT molecular complexity index is 639. The molecular formula is C13H14N4O3. The van der Waals surface area contributed by atoms with Gasteiger partial charge in [-0.25, -0.2) is 4.98 Å². The first-order valence-electron chi connectivity index (χ1n) is 6.14. The second-order valence-corrected chi connectivity index (χ2v) is 4.46. The number of amides is 1. The number of imidazole rings is 1. The predicted molar refractivity (Wildman–Crippen MR) is 71.4 cm³/mol. The van der Waals surface area contributed by atoms with Gasteiger partial charge in [0.15, 0.2) is 11.5 Å². The maximum atomic E-state index is 12.2. The second kappa shape index (κ2) is 4.76. The number of hydrogen-bond acceptors (Lipinski definition) is 5. The molecule has 1 aromatic heterocycles. The monoisotopic (exact) mass is 274 g/mol. The highest BCUT2D eigenvalue weighted by molar-refractivity contribution is 6.00. The summed E-state index contributed by atoms with van der Waals surface area (Å²) in [4.78, 5) is 19.3. The third kappa shape index (κ3) is 2.13. The average molecular weight is 274 g/mol. The predicted octanol–water partition coefficient (Wildman–Crippen LogP) is 1.21. The Morgan fingerprint density at radius 1 is 1.45 bits per heavy atom. The minimum absolute atomic E-state index is 0.142. The number of nitrogen functional groups attached to an aromatic ring is 1. The lowest BCUT2D eigenvalue weighted by atomic mass is 10.1. The molecule has 2 aromatic rings. The molecular weight excluding hydrogens is 260 g/mol. The number of benzene rings is 1. The molecule has 4 N–H and O–H groups in total. The first kappa shape index (κ1) is 12.3.